The van der Waals surface area contributed by atoms with Crippen LogP contribution in [0.15, 0.2) is 65.6 Å². The molecule has 0 atom stereocenters. The van der Waals surface area contributed by atoms with Crippen molar-refractivity contribution >= 4 is 21.6 Å². The Hall–Kier alpha value is -3.36. The molecule has 0 spiro atoms. The van der Waals surface area contributed by atoms with Gasteiger partial charge in [0.1, 0.15) is 0 Å². The van der Waals surface area contributed by atoms with Gasteiger partial charge in [-0.2, -0.15) is 0 Å². The SMILES string of the molecule is COc1ccc(S(=O)(=O)NCc2ccc3c(c2)N(C(=O)c2ccccc2C)CC3)cc1OC. The van der Waals surface area contributed by atoms with Crippen molar-refractivity contribution in [3.05, 3.63) is 82.9 Å². The summed E-state index contributed by atoms with van der Waals surface area (Å²) in [6, 6.07) is 17.7. The number of amides is 1. The molecule has 3 aromatic carbocycles. The zero-order chi connectivity index (χ0) is 23.6. The highest BCUT2D eigenvalue weighted by Gasteiger charge is 2.27. The van der Waals surface area contributed by atoms with Crippen LogP contribution in [0.3, 0.4) is 0 Å². The van der Waals surface area contributed by atoms with E-state index in [1.54, 1.807) is 11.0 Å². The Morgan fingerprint density at radius 3 is 2.48 bits per heavy atom. The van der Waals surface area contributed by atoms with Gasteiger partial charge >= 0.3 is 0 Å². The summed E-state index contributed by atoms with van der Waals surface area (Å²) in [5, 5.41) is 0. The molecule has 0 unspecified atom stereocenters. The van der Waals surface area contributed by atoms with Gasteiger partial charge in [-0.15, -0.1) is 0 Å². The van der Waals surface area contributed by atoms with E-state index in [2.05, 4.69) is 4.72 Å². The van der Waals surface area contributed by atoms with Crippen molar-refractivity contribution in [3.8, 4) is 11.5 Å². The molecular formula is C25H26N2O5S. The van der Waals surface area contributed by atoms with E-state index in [4.69, 9.17) is 9.47 Å². The lowest BCUT2D eigenvalue weighted by molar-refractivity contribution is 0.0989. The van der Waals surface area contributed by atoms with Gasteiger partial charge in [-0.3, -0.25) is 4.79 Å². The van der Waals surface area contributed by atoms with Gasteiger partial charge in [-0.1, -0.05) is 30.3 Å². The molecule has 4 rings (SSSR count). The first-order chi connectivity index (χ1) is 15.8. The van der Waals surface area contributed by atoms with Gasteiger partial charge in [0.15, 0.2) is 11.5 Å². The maximum absolute atomic E-state index is 13.1. The summed E-state index contributed by atoms with van der Waals surface area (Å²) >= 11 is 0. The third-order valence-corrected chi connectivity index (χ3v) is 7.20. The molecule has 0 aromatic heterocycles. The summed E-state index contributed by atoms with van der Waals surface area (Å²) in [7, 11) is -0.829. The van der Waals surface area contributed by atoms with Gasteiger partial charge in [0, 0.05) is 30.4 Å². The summed E-state index contributed by atoms with van der Waals surface area (Å²) in [6.07, 6.45) is 0.768. The molecule has 1 amide bonds. The molecule has 0 saturated heterocycles. The number of hydrogen-bond donors (Lipinski definition) is 1. The van der Waals surface area contributed by atoms with Gasteiger partial charge in [0.05, 0.1) is 19.1 Å². The zero-order valence-electron chi connectivity index (χ0n) is 18.8. The number of benzene rings is 3. The van der Waals surface area contributed by atoms with Gasteiger partial charge in [-0.25, -0.2) is 13.1 Å². The number of sulfonamides is 1. The Morgan fingerprint density at radius 2 is 1.76 bits per heavy atom. The maximum Gasteiger partial charge on any atom is 0.258 e. The minimum absolute atomic E-state index is 0.0464. The number of carbonyl (C=O) groups excluding carboxylic acids is 1. The Bertz CT molecular complexity index is 1300. The lowest BCUT2D eigenvalue weighted by Crippen LogP contribution is -2.29. The topological polar surface area (TPSA) is 84.9 Å². The molecule has 33 heavy (non-hydrogen) atoms. The van der Waals surface area contributed by atoms with E-state index >= 15 is 0 Å². The minimum atomic E-state index is -3.77. The maximum atomic E-state index is 13.1. The lowest BCUT2D eigenvalue weighted by Gasteiger charge is -2.19. The molecule has 0 fully saturated rings. The second kappa shape index (κ2) is 9.25. The van der Waals surface area contributed by atoms with Crippen molar-refractivity contribution < 1.29 is 22.7 Å². The molecule has 0 saturated carbocycles. The van der Waals surface area contributed by atoms with E-state index in [1.807, 2.05) is 49.4 Å². The highest BCUT2D eigenvalue weighted by atomic mass is 32.2. The highest BCUT2D eigenvalue weighted by Crippen LogP contribution is 2.32. The zero-order valence-corrected chi connectivity index (χ0v) is 19.6. The Kier molecular flexibility index (Phi) is 6.40. The largest absolute Gasteiger partial charge is 0.493 e. The average Bonchev–Trinajstić information content (AvgIpc) is 3.25. The molecule has 0 aliphatic carbocycles. The molecule has 1 aliphatic heterocycles. The van der Waals surface area contributed by atoms with Crippen molar-refractivity contribution in [1.82, 2.24) is 4.72 Å². The number of fused-ring (bicyclic) bond motifs is 1. The highest BCUT2D eigenvalue weighted by molar-refractivity contribution is 7.89. The van der Waals surface area contributed by atoms with E-state index in [9.17, 15) is 13.2 Å². The number of hydrogen-bond acceptors (Lipinski definition) is 5. The Balaban J connectivity index is 1.54. The summed E-state index contributed by atoms with van der Waals surface area (Å²) in [4.78, 5) is 15.0. The van der Waals surface area contributed by atoms with E-state index in [0.717, 1.165) is 28.8 Å². The predicted octanol–water partition coefficient (Wildman–Crippen LogP) is 3.69. The van der Waals surface area contributed by atoms with Gasteiger partial charge < -0.3 is 14.4 Å². The van der Waals surface area contributed by atoms with Gasteiger partial charge in [-0.05, 0) is 54.3 Å². The molecule has 3 aromatic rings. The summed E-state index contributed by atoms with van der Waals surface area (Å²) < 4.78 is 38.7. The quantitative estimate of drug-likeness (QED) is 0.574. The summed E-state index contributed by atoms with van der Waals surface area (Å²) in [6.45, 7) is 2.61. The van der Waals surface area contributed by atoms with Gasteiger partial charge in [0.2, 0.25) is 10.0 Å². The summed E-state index contributed by atoms with van der Waals surface area (Å²) in [5.41, 5.74) is 4.26. The van der Waals surface area contributed by atoms with Crippen LogP contribution in [0.4, 0.5) is 5.69 Å². The normalized spacial score (nSPS) is 13.0. The van der Waals surface area contributed by atoms with Crippen LogP contribution in [0.5, 0.6) is 11.5 Å². The molecule has 7 nitrogen and oxygen atoms in total. The van der Waals surface area contributed by atoms with Crippen molar-refractivity contribution in [2.24, 2.45) is 0 Å². The molecule has 172 valence electrons. The van der Waals surface area contributed by atoms with Crippen LogP contribution in [0.2, 0.25) is 0 Å². The molecule has 1 heterocycles. The van der Waals surface area contributed by atoms with Crippen LogP contribution in [-0.4, -0.2) is 35.1 Å². The number of aryl methyl sites for hydroxylation is 1. The van der Waals surface area contributed by atoms with Crippen LogP contribution < -0.4 is 19.1 Å². The number of carbonyl (C=O) groups is 1. The average molecular weight is 467 g/mol. The first-order valence-electron chi connectivity index (χ1n) is 10.5. The second-order valence-corrected chi connectivity index (χ2v) is 9.59. The molecule has 0 radical (unpaired) electrons. The Morgan fingerprint density at radius 1 is 1.00 bits per heavy atom. The van der Waals surface area contributed by atoms with Crippen molar-refractivity contribution in [2.45, 2.75) is 24.8 Å². The van der Waals surface area contributed by atoms with Crippen molar-refractivity contribution in [2.75, 3.05) is 25.7 Å². The van der Waals surface area contributed by atoms with E-state index in [-0.39, 0.29) is 17.3 Å². The number of methoxy groups -OCH3 is 2. The van der Waals surface area contributed by atoms with Crippen LogP contribution in [0.25, 0.3) is 0 Å². The monoisotopic (exact) mass is 466 g/mol. The smallest absolute Gasteiger partial charge is 0.258 e. The van der Waals surface area contributed by atoms with E-state index in [1.165, 1.54) is 26.4 Å². The van der Waals surface area contributed by atoms with Crippen molar-refractivity contribution in [1.29, 1.82) is 0 Å². The van der Waals surface area contributed by atoms with Crippen LogP contribution >= 0.6 is 0 Å². The lowest BCUT2D eigenvalue weighted by atomic mass is 10.1. The van der Waals surface area contributed by atoms with Crippen LogP contribution in [-0.2, 0) is 23.0 Å². The second-order valence-electron chi connectivity index (χ2n) is 7.83. The molecule has 8 heteroatoms. The first kappa shape index (κ1) is 22.8. The first-order valence-corrected chi connectivity index (χ1v) is 12.0. The molecule has 0 bridgehead atoms. The third kappa shape index (κ3) is 4.58. The van der Waals surface area contributed by atoms with Crippen molar-refractivity contribution in [3.63, 3.8) is 0 Å². The van der Waals surface area contributed by atoms with E-state index in [0.29, 0.717) is 23.6 Å². The van der Waals surface area contributed by atoms with Gasteiger partial charge in [0.25, 0.3) is 5.91 Å². The summed E-state index contributed by atoms with van der Waals surface area (Å²) in [5.74, 6) is 0.742. The fraction of sp³-hybridized carbons (Fsp3) is 0.240. The fourth-order valence-corrected chi connectivity index (χ4v) is 4.98. The number of anilines is 1. The number of ether oxygens (including phenoxy) is 2. The molecule has 1 N–H and O–H groups in total. The predicted molar refractivity (Wildman–Crippen MR) is 127 cm³/mol. The third-order valence-electron chi connectivity index (χ3n) is 5.80. The number of nitrogens with one attached hydrogen (secondary N) is 1. The standard InChI is InChI=1S/C25H26N2O5S/c1-17-6-4-5-7-21(17)25(28)27-13-12-19-9-8-18(14-22(19)27)16-26-33(29,30)20-10-11-23(31-2)24(15-20)32-3/h4-11,14-15,26H,12-13,16H2,1-3H3. The fourth-order valence-electron chi connectivity index (χ4n) is 3.95. The van der Waals surface area contributed by atoms with Crippen LogP contribution in [0.1, 0.15) is 27.0 Å². The Labute approximate surface area is 194 Å². The number of rotatable bonds is 7. The van der Waals surface area contributed by atoms with Crippen LogP contribution in [0, 0.1) is 6.92 Å². The number of nitrogens with zero attached hydrogens (tertiary/aromatic N) is 1. The molecule has 1 aliphatic rings. The van der Waals surface area contributed by atoms with E-state index < -0.39 is 10.0 Å². The molecular weight excluding hydrogens is 440 g/mol. The minimum Gasteiger partial charge on any atom is -0.493 e.